The molecule has 0 radical (unpaired) electrons. The number of rotatable bonds is 2. The molecule has 0 aliphatic carbocycles. The highest BCUT2D eigenvalue weighted by atomic mass is 32.1. The second-order valence-electron chi connectivity index (χ2n) is 4.30. The van der Waals surface area contributed by atoms with Gasteiger partial charge in [-0.3, -0.25) is 0 Å². The summed E-state index contributed by atoms with van der Waals surface area (Å²) in [5.41, 5.74) is 3.34. The van der Waals surface area contributed by atoms with Crippen molar-refractivity contribution in [2.75, 3.05) is 0 Å². The summed E-state index contributed by atoms with van der Waals surface area (Å²) in [5, 5.41) is 9.93. The Morgan fingerprint density at radius 1 is 1.11 bits per heavy atom. The third-order valence-electron chi connectivity index (χ3n) is 2.96. The Bertz CT molecular complexity index is 759. The van der Waals surface area contributed by atoms with Crippen molar-refractivity contribution in [2.24, 2.45) is 0 Å². The standard InChI is InChI=1S/C15H11NO2S/c1-9-16-13-8-12(6-7-14(13)19-9)10-2-4-11(5-3-10)15(17)18/h2-8H,1H3,(H,17,18). The van der Waals surface area contributed by atoms with E-state index in [1.165, 1.54) is 4.70 Å². The second kappa shape index (κ2) is 4.48. The van der Waals surface area contributed by atoms with Gasteiger partial charge in [-0.1, -0.05) is 18.2 Å². The van der Waals surface area contributed by atoms with E-state index in [1.807, 2.05) is 31.2 Å². The highest BCUT2D eigenvalue weighted by Crippen LogP contribution is 2.27. The monoisotopic (exact) mass is 269 g/mol. The lowest BCUT2D eigenvalue weighted by Gasteiger charge is -2.02. The van der Waals surface area contributed by atoms with Gasteiger partial charge < -0.3 is 5.11 Å². The van der Waals surface area contributed by atoms with Crippen LogP contribution in [0.4, 0.5) is 0 Å². The lowest BCUT2D eigenvalue weighted by molar-refractivity contribution is 0.0697. The molecule has 0 atom stereocenters. The Morgan fingerprint density at radius 3 is 2.47 bits per heavy atom. The van der Waals surface area contributed by atoms with Gasteiger partial charge >= 0.3 is 5.97 Å². The molecule has 1 aromatic heterocycles. The number of aromatic carboxylic acids is 1. The summed E-state index contributed by atoms with van der Waals surface area (Å²) in [6, 6.07) is 13.0. The van der Waals surface area contributed by atoms with Crippen LogP contribution in [0.15, 0.2) is 42.5 Å². The van der Waals surface area contributed by atoms with Crippen molar-refractivity contribution in [3.63, 3.8) is 0 Å². The van der Waals surface area contributed by atoms with Crippen molar-refractivity contribution in [1.29, 1.82) is 0 Å². The molecule has 0 saturated heterocycles. The van der Waals surface area contributed by atoms with Crippen LogP contribution in [0, 0.1) is 6.92 Å². The first kappa shape index (κ1) is 11.9. The first-order valence-corrected chi connectivity index (χ1v) is 6.66. The van der Waals surface area contributed by atoms with E-state index in [9.17, 15) is 4.79 Å². The summed E-state index contributed by atoms with van der Waals surface area (Å²) in [6.07, 6.45) is 0. The highest BCUT2D eigenvalue weighted by molar-refractivity contribution is 7.18. The van der Waals surface area contributed by atoms with Crippen LogP contribution in [0.25, 0.3) is 21.3 Å². The minimum absolute atomic E-state index is 0.300. The molecule has 0 amide bonds. The second-order valence-corrected chi connectivity index (χ2v) is 5.53. The van der Waals surface area contributed by atoms with Crippen molar-refractivity contribution in [1.82, 2.24) is 4.98 Å². The molecule has 0 fully saturated rings. The summed E-state index contributed by atoms with van der Waals surface area (Å²) in [4.78, 5) is 15.3. The molecule has 94 valence electrons. The normalized spacial score (nSPS) is 10.8. The lowest BCUT2D eigenvalue weighted by atomic mass is 10.0. The molecule has 0 bridgehead atoms. The smallest absolute Gasteiger partial charge is 0.335 e. The summed E-state index contributed by atoms with van der Waals surface area (Å²) >= 11 is 1.67. The molecule has 0 aliphatic heterocycles. The maximum Gasteiger partial charge on any atom is 0.335 e. The van der Waals surface area contributed by atoms with Crippen molar-refractivity contribution in [3.05, 3.63) is 53.0 Å². The Hall–Kier alpha value is -2.20. The van der Waals surface area contributed by atoms with Gasteiger partial charge in [-0.25, -0.2) is 9.78 Å². The lowest BCUT2D eigenvalue weighted by Crippen LogP contribution is -1.94. The van der Waals surface area contributed by atoms with Gasteiger partial charge in [0.15, 0.2) is 0 Å². The molecule has 0 aliphatic rings. The van der Waals surface area contributed by atoms with Gasteiger partial charge in [-0.05, 0) is 42.3 Å². The van der Waals surface area contributed by atoms with Crippen LogP contribution < -0.4 is 0 Å². The summed E-state index contributed by atoms with van der Waals surface area (Å²) in [7, 11) is 0. The van der Waals surface area contributed by atoms with Crippen LogP contribution >= 0.6 is 11.3 Å². The molecule has 1 heterocycles. The third kappa shape index (κ3) is 2.22. The van der Waals surface area contributed by atoms with E-state index in [0.717, 1.165) is 21.7 Å². The summed E-state index contributed by atoms with van der Waals surface area (Å²) in [5.74, 6) is -0.905. The average molecular weight is 269 g/mol. The van der Waals surface area contributed by atoms with E-state index in [2.05, 4.69) is 11.1 Å². The molecule has 3 rings (SSSR count). The number of fused-ring (bicyclic) bond motifs is 1. The van der Waals surface area contributed by atoms with E-state index < -0.39 is 5.97 Å². The summed E-state index contributed by atoms with van der Waals surface area (Å²) < 4.78 is 1.17. The molecule has 0 spiro atoms. The topological polar surface area (TPSA) is 50.2 Å². The molecule has 4 heteroatoms. The van der Waals surface area contributed by atoms with Gasteiger partial charge in [0.1, 0.15) is 0 Å². The molecular formula is C15H11NO2S. The largest absolute Gasteiger partial charge is 0.478 e. The van der Waals surface area contributed by atoms with E-state index in [0.29, 0.717) is 5.56 Å². The van der Waals surface area contributed by atoms with E-state index in [-0.39, 0.29) is 0 Å². The minimum Gasteiger partial charge on any atom is -0.478 e. The van der Waals surface area contributed by atoms with E-state index in [4.69, 9.17) is 5.11 Å². The number of nitrogens with zero attached hydrogens (tertiary/aromatic N) is 1. The van der Waals surface area contributed by atoms with Gasteiger partial charge in [-0.2, -0.15) is 0 Å². The molecule has 0 saturated carbocycles. The SMILES string of the molecule is Cc1nc2cc(-c3ccc(C(=O)O)cc3)ccc2s1. The predicted octanol–water partition coefficient (Wildman–Crippen LogP) is 3.97. The number of hydrogen-bond acceptors (Lipinski definition) is 3. The van der Waals surface area contributed by atoms with Crippen LogP contribution in [-0.2, 0) is 0 Å². The number of carboxylic acids is 1. The van der Waals surface area contributed by atoms with Crippen LogP contribution in [0.2, 0.25) is 0 Å². The predicted molar refractivity (Wildman–Crippen MR) is 76.8 cm³/mol. The first-order valence-electron chi connectivity index (χ1n) is 5.84. The van der Waals surface area contributed by atoms with Gasteiger partial charge in [0.2, 0.25) is 0 Å². The zero-order valence-electron chi connectivity index (χ0n) is 10.3. The molecule has 2 aromatic carbocycles. The third-order valence-corrected chi connectivity index (χ3v) is 3.91. The van der Waals surface area contributed by atoms with E-state index >= 15 is 0 Å². The molecular weight excluding hydrogens is 258 g/mol. The average Bonchev–Trinajstić information content (AvgIpc) is 2.77. The molecule has 0 unspecified atom stereocenters. The van der Waals surface area contributed by atoms with Crippen LogP contribution in [0.1, 0.15) is 15.4 Å². The van der Waals surface area contributed by atoms with Gasteiger partial charge in [-0.15, -0.1) is 11.3 Å². The quantitative estimate of drug-likeness (QED) is 0.765. The molecule has 3 aromatic rings. The Kier molecular flexibility index (Phi) is 2.80. The van der Waals surface area contributed by atoms with Crippen LogP contribution in [-0.4, -0.2) is 16.1 Å². The highest BCUT2D eigenvalue weighted by Gasteiger charge is 2.05. The van der Waals surface area contributed by atoms with Gasteiger partial charge in [0.25, 0.3) is 0 Å². The van der Waals surface area contributed by atoms with Crippen molar-refractivity contribution in [2.45, 2.75) is 6.92 Å². The van der Waals surface area contributed by atoms with Crippen molar-refractivity contribution >= 4 is 27.5 Å². The zero-order valence-corrected chi connectivity index (χ0v) is 11.1. The van der Waals surface area contributed by atoms with Gasteiger partial charge in [0.05, 0.1) is 20.8 Å². The molecule has 1 N–H and O–H groups in total. The minimum atomic E-state index is -0.905. The maximum atomic E-state index is 10.8. The number of carbonyl (C=O) groups is 1. The Balaban J connectivity index is 2.05. The molecule has 19 heavy (non-hydrogen) atoms. The van der Waals surface area contributed by atoms with Crippen LogP contribution in [0.3, 0.4) is 0 Å². The van der Waals surface area contributed by atoms with Crippen molar-refractivity contribution in [3.8, 4) is 11.1 Å². The number of aryl methyl sites for hydroxylation is 1. The number of aromatic nitrogens is 1. The zero-order chi connectivity index (χ0) is 13.4. The number of benzene rings is 2. The summed E-state index contributed by atoms with van der Waals surface area (Å²) in [6.45, 7) is 1.99. The van der Waals surface area contributed by atoms with E-state index in [1.54, 1.807) is 23.5 Å². The fourth-order valence-corrected chi connectivity index (χ4v) is 2.83. The van der Waals surface area contributed by atoms with Crippen LogP contribution in [0.5, 0.6) is 0 Å². The number of hydrogen-bond donors (Lipinski definition) is 1. The fourth-order valence-electron chi connectivity index (χ4n) is 2.03. The number of carboxylic acid groups (broad SMARTS) is 1. The maximum absolute atomic E-state index is 10.8. The number of thiazole rings is 1. The Labute approximate surface area is 114 Å². The molecule has 3 nitrogen and oxygen atoms in total. The van der Waals surface area contributed by atoms with Crippen molar-refractivity contribution < 1.29 is 9.90 Å². The Morgan fingerprint density at radius 2 is 1.79 bits per heavy atom. The first-order chi connectivity index (χ1) is 9.13. The fraction of sp³-hybridized carbons (Fsp3) is 0.0667. The van der Waals surface area contributed by atoms with Gasteiger partial charge in [0, 0.05) is 0 Å².